The number of likely N-dealkylation sites (tertiary alicyclic amines) is 1. The summed E-state index contributed by atoms with van der Waals surface area (Å²) >= 11 is 0. The molecular weight excluding hydrogens is 278 g/mol. The molecule has 0 aliphatic carbocycles. The molecule has 1 aromatic carbocycles. The Balaban J connectivity index is 1.84. The van der Waals surface area contributed by atoms with Crippen molar-refractivity contribution in [2.45, 2.75) is 31.0 Å². The number of carbonyl (C=O) groups excluding carboxylic acids is 2. The van der Waals surface area contributed by atoms with Crippen LogP contribution in [0.3, 0.4) is 0 Å². The van der Waals surface area contributed by atoms with Crippen molar-refractivity contribution in [1.82, 2.24) is 4.90 Å². The maximum absolute atomic E-state index is 12.6. The zero-order valence-electron chi connectivity index (χ0n) is 12.6. The molecule has 22 heavy (non-hydrogen) atoms. The summed E-state index contributed by atoms with van der Waals surface area (Å²) in [6, 6.07) is 8.04. The minimum Gasteiger partial charge on any atom is -0.361 e. The highest BCUT2D eigenvalue weighted by Gasteiger charge is 2.70. The van der Waals surface area contributed by atoms with Gasteiger partial charge < -0.3 is 4.74 Å². The molecule has 0 spiro atoms. The summed E-state index contributed by atoms with van der Waals surface area (Å²) in [6.45, 7) is 3.76. The summed E-state index contributed by atoms with van der Waals surface area (Å²) in [5, 5.41) is 0. The highest BCUT2D eigenvalue weighted by molar-refractivity contribution is 6.06. The smallest absolute Gasteiger partial charge is 0.236 e. The second-order valence-corrected chi connectivity index (χ2v) is 6.44. The number of carbonyl (C=O) groups is 2. The van der Waals surface area contributed by atoms with Crippen molar-refractivity contribution in [3.63, 3.8) is 0 Å². The van der Waals surface area contributed by atoms with E-state index in [0.29, 0.717) is 0 Å². The molecule has 4 heteroatoms. The van der Waals surface area contributed by atoms with Crippen LogP contribution in [0.15, 0.2) is 36.9 Å². The molecule has 4 nitrogen and oxygen atoms in total. The standard InChI is InChI=1S/C18H19NO3/c1-3-4-7-10-18-12-9-6-5-8-11(12)15(22-18)13-14(18)17(21)19(2)16(13)20/h3,5-6,8-9,13-15H,1,4,7,10H2,2H3/t13-,14-,15-,18+/m0/s1. The minimum atomic E-state index is -0.633. The Morgan fingerprint density at radius 3 is 2.86 bits per heavy atom. The Morgan fingerprint density at radius 2 is 2.09 bits per heavy atom. The van der Waals surface area contributed by atoms with Crippen molar-refractivity contribution >= 4 is 11.8 Å². The van der Waals surface area contributed by atoms with Crippen molar-refractivity contribution in [1.29, 1.82) is 0 Å². The normalized spacial score (nSPS) is 35.0. The summed E-state index contributed by atoms with van der Waals surface area (Å²) < 4.78 is 6.33. The van der Waals surface area contributed by atoms with Crippen molar-refractivity contribution in [2.24, 2.45) is 11.8 Å². The molecule has 114 valence electrons. The van der Waals surface area contributed by atoms with Gasteiger partial charge in [-0.2, -0.15) is 0 Å². The number of imide groups is 1. The van der Waals surface area contributed by atoms with Crippen molar-refractivity contribution in [3.05, 3.63) is 48.0 Å². The van der Waals surface area contributed by atoms with E-state index in [9.17, 15) is 9.59 Å². The maximum Gasteiger partial charge on any atom is 0.236 e. The molecule has 4 atom stereocenters. The summed E-state index contributed by atoms with van der Waals surface area (Å²) in [5.74, 6) is -0.906. The van der Waals surface area contributed by atoms with Crippen LogP contribution in [-0.2, 0) is 19.9 Å². The van der Waals surface area contributed by atoms with Crippen LogP contribution in [0, 0.1) is 11.8 Å². The van der Waals surface area contributed by atoms with Crippen LogP contribution in [0.4, 0.5) is 0 Å². The maximum atomic E-state index is 12.6. The van der Waals surface area contributed by atoms with E-state index < -0.39 is 5.60 Å². The predicted octanol–water partition coefficient (Wildman–Crippen LogP) is 2.55. The van der Waals surface area contributed by atoms with E-state index in [1.807, 2.05) is 24.3 Å². The van der Waals surface area contributed by atoms with Gasteiger partial charge in [0.2, 0.25) is 11.8 Å². The first kappa shape index (κ1) is 13.7. The first-order chi connectivity index (χ1) is 10.6. The highest BCUT2D eigenvalue weighted by Crippen LogP contribution is 2.65. The molecule has 4 rings (SSSR count). The number of unbranched alkanes of at least 4 members (excludes halogenated alkanes) is 1. The van der Waals surface area contributed by atoms with E-state index in [-0.39, 0.29) is 29.8 Å². The molecule has 3 aliphatic heterocycles. The Kier molecular flexibility index (Phi) is 2.82. The number of benzene rings is 1. The van der Waals surface area contributed by atoms with Crippen molar-refractivity contribution in [3.8, 4) is 0 Å². The highest BCUT2D eigenvalue weighted by atomic mass is 16.5. The molecule has 0 aromatic heterocycles. The van der Waals surface area contributed by atoms with Gasteiger partial charge in [0.25, 0.3) is 0 Å². The molecule has 3 heterocycles. The van der Waals surface area contributed by atoms with Crippen LogP contribution in [0.5, 0.6) is 0 Å². The Hall–Kier alpha value is -1.94. The van der Waals surface area contributed by atoms with Crippen LogP contribution in [0.1, 0.15) is 36.5 Å². The molecule has 2 fully saturated rings. The van der Waals surface area contributed by atoms with Crippen LogP contribution in [-0.4, -0.2) is 23.8 Å². The van der Waals surface area contributed by atoms with E-state index in [4.69, 9.17) is 4.74 Å². The zero-order chi connectivity index (χ0) is 15.5. The number of allylic oxidation sites excluding steroid dienone is 1. The van der Waals surface area contributed by atoms with Gasteiger partial charge >= 0.3 is 0 Å². The van der Waals surface area contributed by atoms with Gasteiger partial charge in [-0.1, -0.05) is 30.3 Å². The van der Waals surface area contributed by atoms with Crippen molar-refractivity contribution < 1.29 is 14.3 Å². The molecule has 2 amide bonds. The number of fused-ring (bicyclic) bond motifs is 8. The average molecular weight is 297 g/mol. The fourth-order valence-corrected chi connectivity index (χ4v) is 4.48. The second kappa shape index (κ2) is 4.53. The molecule has 0 saturated carbocycles. The number of ether oxygens (including phenoxy) is 1. The van der Waals surface area contributed by atoms with Crippen LogP contribution in [0.25, 0.3) is 0 Å². The van der Waals surface area contributed by atoms with Crippen LogP contribution in [0.2, 0.25) is 0 Å². The van der Waals surface area contributed by atoms with Gasteiger partial charge in [-0.3, -0.25) is 14.5 Å². The first-order valence-electron chi connectivity index (χ1n) is 7.81. The van der Waals surface area contributed by atoms with Crippen molar-refractivity contribution in [2.75, 3.05) is 7.05 Å². The monoisotopic (exact) mass is 297 g/mol. The lowest BCUT2D eigenvalue weighted by Gasteiger charge is -2.32. The van der Waals surface area contributed by atoms with E-state index in [0.717, 1.165) is 30.4 Å². The third-order valence-corrected chi connectivity index (χ3v) is 5.42. The Bertz CT molecular complexity index is 683. The number of nitrogens with zero attached hydrogens (tertiary/aromatic N) is 1. The second-order valence-electron chi connectivity index (χ2n) is 6.44. The van der Waals surface area contributed by atoms with Gasteiger partial charge in [0, 0.05) is 7.05 Å². The topological polar surface area (TPSA) is 46.6 Å². The number of rotatable bonds is 4. The Labute approximate surface area is 129 Å². The summed E-state index contributed by atoms with van der Waals surface area (Å²) in [4.78, 5) is 26.4. The summed E-state index contributed by atoms with van der Waals surface area (Å²) in [6.07, 6.45) is 4.15. The third kappa shape index (κ3) is 1.46. The van der Waals surface area contributed by atoms with Gasteiger partial charge in [-0.15, -0.1) is 6.58 Å². The average Bonchev–Trinajstić information content (AvgIpc) is 3.11. The van der Waals surface area contributed by atoms with E-state index >= 15 is 0 Å². The van der Waals surface area contributed by atoms with E-state index in [1.165, 1.54) is 4.90 Å². The van der Waals surface area contributed by atoms with E-state index in [2.05, 4.69) is 12.6 Å². The molecule has 3 aliphatic rings. The minimum absolute atomic E-state index is 0.0920. The quantitative estimate of drug-likeness (QED) is 0.487. The van der Waals surface area contributed by atoms with Crippen LogP contribution >= 0.6 is 0 Å². The fraction of sp³-hybridized carbons (Fsp3) is 0.444. The first-order valence-corrected chi connectivity index (χ1v) is 7.81. The van der Waals surface area contributed by atoms with Gasteiger partial charge in [0.15, 0.2) is 0 Å². The number of hydrogen-bond acceptors (Lipinski definition) is 3. The van der Waals surface area contributed by atoms with Gasteiger partial charge in [-0.05, 0) is 30.4 Å². The lowest BCUT2D eigenvalue weighted by atomic mass is 9.68. The SMILES string of the molecule is C=CCCC[C@@]12O[C@@H](c3ccccc31)[C@H]1C(=O)N(C)C(=O)[C@H]12. The molecule has 2 bridgehead atoms. The molecule has 0 N–H and O–H groups in total. The summed E-state index contributed by atoms with van der Waals surface area (Å²) in [7, 11) is 1.59. The van der Waals surface area contributed by atoms with Gasteiger partial charge in [-0.25, -0.2) is 0 Å². The van der Waals surface area contributed by atoms with Crippen LogP contribution < -0.4 is 0 Å². The lowest BCUT2D eigenvalue weighted by Crippen LogP contribution is -2.39. The number of hydrogen-bond donors (Lipinski definition) is 0. The van der Waals surface area contributed by atoms with Gasteiger partial charge in [0.05, 0.1) is 17.9 Å². The van der Waals surface area contributed by atoms with Gasteiger partial charge in [0.1, 0.15) is 5.60 Å². The third-order valence-electron chi connectivity index (χ3n) is 5.42. The number of amides is 2. The fourth-order valence-electron chi connectivity index (χ4n) is 4.48. The molecule has 0 unspecified atom stereocenters. The molecule has 2 saturated heterocycles. The Morgan fingerprint density at radius 1 is 1.32 bits per heavy atom. The molecule has 0 radical (unpaired) electrons. The summed E-state index contributed by atoms with van der Waals surface area (Å²) in [5.41, 5.74) is 1.55. The predicted molar refractivity (Wildman–Crippen MR) is 80.8 cm³/mol. The lowest BCUT2D eigenvalue weighted by molar-refractivity contribution is -0.145. The molecule has 1 aromatic rings. The molecular formula is C18H19NO3. The largest absolute Gasteiger partial charge is 0.361 e. The van der Waals surface area contributed by atoms with E-state index in [1.54, 1.807) is 7.05 Å². The zero-order valence-corrected chi connectivity index (χ0v) is 12.6.